The molecule has 0 saturated carbocycles. The molecule has 0 saturated heterocycles. The SMILES string of the molecule is CCOc1cc2c(cc1/C=N\NC(=O)c1cc(Cl)ccc1Cl)O[C@H](C)C2. The first-order valence-corrected chi connectivity index (χ1v) is 8.98. The monoisotopic (exact) mass is 392 g/mol. The van der Waals surface area contributed by atoms with Crippen molar-refractivity contribution < 1.29 is 14.3 Å². The third-order valence-electron chi connectivity index (χ3n) is 3.87. The van der Waals surface area contributed by atoms with Crippen LogP contribution >= 0.6 is 23.2 Å². The number of nitrogens with zero attached hydrogens (tertiary/aromatic N) is 1. The third kappa shape index (κ3) is 4.11. The number of hydrogen-bond donors (Lipinski definition) is 1. The van der Waals surface area contributed by atoms with Crippen LogP contribution < -0.4 is 14.9 Å². The van der Waals surface area contributed by atoms with Crippen LogP contribution in [0.25, 0.3) is 0 Å². The fourth-order valence-electron chi connectivity index (χ4n) is 2.73. The van der Waals surface area contributed by atoms with Crippen LogP contribution in [-0.2, 0) is 6.42 Å². The van der Waals surface area contributed by atoms with Crippen LogP contribution in [0.2, 0.25) is 10.0 Å². The smallest absolute Gasteiger partial charge is 0.272 e. The van der Waals surface area contributed by atoms with Gasteiger partial charge >= 0.3 is 0 Å². The molecule has 0 unspecified atom stereocenters. The van der Waals surface area contributed by atoms with Crippen LogP contribution in [-0.4, -0.2) is 24.8 Å². The van der Waals surface area contributed by atoms with Crippen molar-refractivity contribution in [3.05, 3.63) is 57.1 Å². The lowest BCUT2D eigenvalue weighted by molar-refractivity contribution is 0.0955. The number of hydrogen-bond acceptors (Lipinski definition) is 4. The van der Waals surface area contributed by atoms with Gasteiger partial charge in [0.2, 0.25) is 0 Å². The van der Waals surface area contributed by atoms with E-state index in [1.165, 1.54) is 12.3 Å². The van der Waals surface area contributed by atoms with E-state index in [0.29, 0.717) is 22.4 Å². The number of fused-ring (bicyclic) bond motifs is 1. The van der Waals surface area contributed by atoms with Gasteiger partial charge in [-0.1, -0.05) is 23.2 Å². The first kappa shape index (κ1) is 18.5. The average Bonchev–Trinajstić information content (AvgIpc) is 2.96. The number of carbonyl (C=O) groups is 1. The zero-order chi connectivity index (χ0) is 18.7. The first-order valence-electron chi connectivity index (χ1n) is 8.22. The number of carbonyl (C=O) groups excluding carboxylic acids is 1. The fourth-order valence-corrected chi connectivity index (χ4v) is 3.10. The van der Waals surface area contributed by atoms with E-state index >= 15 is 0 Å². The molecule has 26 heavy (non-hydrogen) atoms. The Balaban J connectivity index is 1.79. The van der Waals surface area contributed by atoms with Gasteiger partial charge in [0.25, 0.3) is 5.91 Å². The molecule has 0 aliphatic carbocycles. The molecule has 0 aromatic heterocycles. The maximum Gasteiger partial charge on any atom is 0.272 e. The minimum Gasteiger partial charge on any atom is -0.493 e. The highest BCUT2D eigenvalue weighted by atomic mass is 35.5. The van der Waals surface area contributed by atoms with Gasteiger partial charge in [0.05, 0.1) is 23.4 Å². The number of benzene rings is 2. The van der Waals surface area contributed by atoms with E-state index in [2.05, 4.69) is 10.5 Å². The Morgan fingerprint density at radius 3 is 2.96 bits per heavy atom. The van der Waals surface area contributed by atoms with Crippen LogP contribution in [0.15, 0.2) is 35.4 Å². The van der Waals surface area contributed by atoms with Crippen LogP contribution in [0.4, 0.5) is 0 Å². The molecule has 1 atom stereocenters. The summed E-state index contributed by atoms with van der Waals surface area (Å²) >= 11 is 11.9. The minimum absolute atomic E-state index is 0.135. The molecule has 1 amide bonds. The fraction of sp³-hybridized carbons (Fsp3) is 0.263. The lowest BCUT2D eigenvalue weighted by Gasteiger charge is -2.09. The molecule has 1 heterocycles. The molecule has 0 spiro atoms. The Kier molecular flexibility index (Phi) is 5.69. The number of amides is 1. The minimum atomic E-state index is -0.447. The molecule has 1 N–H and O–H groups in total. The Morgan fingerprint density at radius 1 is 1.38 bits per heavy atom. The summed E-state index contributed by atoms with van der Waals surface area (Å²) in [4.78, 5) is 12.2. The molecule has 136 valence electrons. The van der Waals surface area contributed by atoms with Gasteiger partial charge in [-0.3, -0.25) is 4.79 Å². The van der Waals surface area contributed by atoms with E-state index in [-0.39, 0.29) is 11.7 Å². The summed E-state index contributed by atoms with van der Waals surface area (Å²) in [6.07, 6.45) is 2.50. The Morgan fingerprint density at radius 2 is 2.19 bits per heavy atom. The second-order valence-electron chi connectivity index (χ2n) is 5.89. The van der Waals surface area contributed by atoms with Gasteiger partial charge < -0.3 is 9.47 Å². The highest BCUT2D eigenvalue weighted by Crippen LogP contribution is 2.34. The van der Waals surface area contributed by atoms with E-state index in [9.17, 15) is 4.79 Å². The van der Waals surface area contributed by atoms with Gasteiger partial charge in [-0.05, 0) is 44.2 Å². The summed E-state index contributed by atoms with van der Waals surface area (Å²) in [5.74, 6) is 1.06. The molecule has 0 fully saturated rings. The van der Waals surface area contributed by atoms with Gasteiger partial charge in [0, 0.05) is 22.6 Å². The van der Waals surface area contributed by atoms with Crippen molar-refractivity contribution in [1.29, 1.82) is 0 Å². The largest absolute Gasteiger partial charge is 0.493 e. The first-order chi connectivity index (χ1) is 12.5. The summed E-state index contributed by atoms with van der Waals surface area (Å²) in [7, 11) is 0. The quantitative estimate of drug-likeness (QED) is 0.602. The second kappa shape index (κ2) is 7.98. The lowest BCUT2D eigenvalue weighted by atomic mass is 10.1. The van der Waals surface area contributed by atoms with Crippen LogP contribution in [0.1, 0.15) is 35.3 Å². The molecular formula is C19H18Cl2N2O3. The van der Waals surface area contributed by atoms with Crippen molar-refractivity contribution in [2.45, 2.75) is 26.4 Å². The summed E-state index contributed by atoms with van der Waals surface area (Å²) in [6.45, 7) is 4.46. The maximum atomic E-state index is 12.2. The van der Waals surface area contributed by atoms with Crippen molar-refractivity contribution in [2.75, 3.05) is 6.61 Å². The van der Waals surface area contributed by atoms with Crippen LogP contribution in [0.5, 0.6) is 11.5 Å². The van der Waals surface area contributed by atoms with Gasteiger partial charge in [0.15, 0.2) is 0 Å². The average molecular weight is 393 g/mol. The molecule has 3 rings (SSSR count). The number of halogens is 2. The van der Waals surface area contributed by atoms with Gasteiger partial charge in [-0.15, -0.1) is 0 Å². The standard InChI is InChI=1S/C19H18Cl2N2O3/c1-3-25-17-7-12-6-11(2)26-18(12)8-13(17)10-22-23-19(24)15-9-14(20)4-5-16(15)21/h4-5,7-11H,3,6H2,1-2H3,(H,23,24)/b22-10-/t11-/m1/s1. The van der Waals surface area contributed by atoms with Crippen LogP contribution in [0.3, 0.4) is 0 Å². The van der Waals surface area contributed by atoms with Gasteiger partial charge in [0.1, 0.15) is 17.6 Å². The van der Waals surface area contributed by atoms with Crippen LogP contribution in [0, 0.1) is 0 Å². The number of hydrazone groups is 1. The van der Waals surface area contributed by atoms with Crippen molar-refractivity contribution in [3.63, 3.8) is 0 Å². The van der Waals surface area contributed by atoms with Crippen molar-refractivity contribution in [2.24, 2.45) is 5.10 Å². The van der Waals surface area contributed by atoms with E-state index in [1.807, 2.05) is 26.0 Å². The Labute approximate surface area is 161 Å². The molecule has 5 nitrogen and oxygen atoms in total. The molecular weight excluding hydrogens is 375 g/mol. The highest BCUT2D eigenvalue weighted by Gasteiger charge is 2.21. The molecule has 2 aromatic rings. The summed E-state index contributed by atoms with van der Waals surface area (Å²) in [6, 6.07) is 8.49. The molecule has 2 aromatic carbocycles. The summed E-state index contributed by atoms with van der Waals surface area (Å²) in [5.41, 5.74) is 4.53. The van der Waals surface area contributed by atoms with E-state index in [1.54, 1.807) is 12.1 Å². The Bertz CT molecular complexity index is 868. The molecule has 0 radical (unpaired) electrons. The maximum absolute atomic E-state index is 12.2. The highest BCUT2D eigenvalue weighted by molar-refractivity contribution is 6.35. The van der Waals surface area contributed by atoms with Gasteiger partial charge in [-0.25, -0.2) is 5.43 Å². The normalized spacial score (nSPS) is 15.6. The van der Waals surface area contributed by atoms with Crippen molar-refractivity contribution >= 4 is 35.3 Å². The topological polar surface area (TPSA) is 59.9 Å². The summed E-state index contributed by atoms with van der Waals surface area (Å²) < 4.78 is 11.4. The molecule has 7 heteroatoms. The second-order valence-corrected chi connectivity index (χ2v) is 6.73. The molecule has 1 aliphatic heterocycles. The zero-order valence-corrected chi connectivity index (χ0v) is 15.9. The predicted octanol–water partition coefficient (Wildman–Crippen LogP) is 4.48. The van der Waals surface area contributed by atoms with E-state index < -0.39 is 5.91 Å². The molecule has 1 aliphatic rings. The zero-order valence-electron chi connectivity index (χ0n) is 14.4. The number of ether oxygens (including phenoxy) is 2. The predicted molar refractivity (Wildman–Crippen MR) is 103 cm³/mol. The van der Waals surface area contributed by atoms with Gasteiger partial charge in [-0.2, -0.15) is 5.10 Å². The third-order valence-corrected chi connectivity index (χ3v) is 4.44. The Hall–Kier alpha value is -2.24. The van der Waals surface area contributed by atoms with Crippen molar-refractivity contribution in [3.8, 4) is 11.5 Å². The van der Waals surface area contributed by atoms with E-state index in [0.717, 1.165) is 23.3 Å². The van der Waals surface area contributed by atoms with Crippen molar-refractivity contribution in [1.82, 2.24) is 5.43 Å². The van der Waals surface area contributed by atoms with E-state index in [4.69, 9.17) is 32.7 Å². The molecule has 0 bridgehead atoms. The number of rotatable bonds is 5. The summed E-state index contributed by atoms with van der Waals surface area (Å²) in [5, 5.41) is 4.74. The lowest BCUT2D eigenvalue weighted by Crippen LogP contribution is -2.18. The number of nitrogens with one attached hydrogen (secondary N) is 1.